The number of ether oxygens (including phenoxy) is 1. The highest BCUT2D eigenvalue weighted by Gasteiger charge is 2.21. The second-order valence-electron chi connectivity index (χ2n) is 7.55. The van der Waals surface area contributed by atoms with Crippen LogP contribution in [0.4, 0.5) is 5.69 Å². The van der Waals surface area contributed by atoms with E-state index in [4.69, 9.17) is 4.74 Å². The maximum absolute atomic E-state index is 12.5. The zero-order chi connectivity index (χ0) is 21.7. The summed E-state index contributed by atoms with van der Waals surface area (Å²) in [6.45, 7) is 5.01. The molecule has 0 aliphatic rings. The number of nitrogens with zero attached hydrogens (tertiary/aromatic N) is 4. The van der Waals surface area contributed by atoms with E-state index in [1.807, 2.05) is 20.8 Å². The molecule has 154 valence electrons. The summed E-state index contributed by atoms with van der Waals surface area (Å²) in [5, 5.41) is 13.7. The Kier molecular flexibility index (Phi) is 6.01. The van der Waals surface area contributed by atoms with Crippen LogP contribution in [0.3, 0.4) is 0 Å². The number of nitrogens with one attached hydrogen (secondary N) is 1. The van der Waals surface area contributed by atoms with Gasteiger partial charge in [0.25, 0.3) is 0 Å². The first-order valence-corrected chi connectivity index (χ1v) is 9.20. The molecule has 1 amide bonds. The Balaban J connectivity index is 1.62. The molecule has 0 spiro atoms. The van der Waals surface area contributed by atoms with Gasteiger partial charge in [0.05, 0.1) is 11.3 Å². The number of hydrogen-bond donors (Lipinski definition) is 1. The van der Waals surface area contributed by atoms with Gasteiger partial charge in [-0.15, -0.1) is 5.10 Å². The fourth-order valence-corrected chi connectivity index (χ4v) is 2.47. The average molecular weight is 407 g/mol. The molecule has 0 atom stereocenters. The van der Waals surface area contributed by atoms with Crippen molar-refractivity contribution >= 4 is 23.3 Å². The van der Waals surface area contributed by atoms with Gasteiger partial charge in [-0.3, -0.25) is 9.59 Å². The van der Waals surface area contributed by atoms with E-state index in [9.17, 15) is 14.4 Å². The third-order valence-corrected chi connectivity index (χ3v) is 4.20. The number of aromatic nitrogens is 4. The Labute approximate surface area is 173 Å². The Morgan fingerprint density at radius 1 is 1.03 bits per heavy atom. The van der Waals surface area contributed by atoms with E-state index < -0.39 is 18.0 Å². The third kappa shape index (κ3) is 4.93. The average Bonchev–Trinajstić information content (AvgIpc) is 3.26. The maximum atomic E-state index is 12.5. The first kappa shape index (κ1) is 20.8. The minimum atomic E-state index is -0.663. The molecule has 0 aliphatic carbocycles. The van der Waals surface area contributed by atoms with Crippen LogP contribution >= 0.6 is 0 Å². The van der Waals surface area contributed by atoms with Crippen molar-refractivity contribution in [2.45, 2.75) is 20.8 Å². The van der Waals surface area contributed by atoms with Crippen LogP contribution < -0.4 is 5.32 Å². The lowest BCUT2D eigenvalue weighted by Gasteiger charge is -2.17. The number of esters is 1. The number of hydrogen-bond acceptors (Lipinski definition) is 7. The molecule has 0 saturated carbocycles. The van der Waals surface area contributed by atoms with Crippen molar-refractivity contribution in [1.29, 1.82) is 0 Å². The third-order valence-electron chi connectivity index (χ3n) is 4.20. The molecule has 0 radical (unpaired) electrons. The van der Waals surface area contributed by atoms with E-state index in [-0.39, 0.29) is 17.3 Å². The van der Waals surface area contributed by atoms with Gasteiger partial charge in [0.2, 0.25) is 5.91 Å². The number of para-hydroxylation sites is 1. The lowest BCUT2D eigenvalue weighted by molar-refractivity contribution is -0.123. The van der Waals surface area contributed by atoms with Crippen molar-refractivity contribution < 1.29 is 19.1 Å². The molecule has 0 aliphatic heterocycles. The fraction of sp³-hybridized carbons (Fsp3) is 0.238. The number of ketones is 1. The molecular weight excluding hydrogens is 386 g/mol. The van der Waals surface area contributed by atoms with Gasteiger partial charge in [0, 0.05) is 16.7 Å². The first-order chi connectivity index (χ1) is 14.3. The van der Waals surface area contributed by atoms with Crippen LogP contribution in [0.5, 0.6) is 0 Å². The lowest BCUT2D eigenvalue weighted by Crippen LogP contribution is -2.27. The topological polar surface area (TPSA) is 116 Å². The summed E-state index contributed by atoms with van der Waals surface area (Å²) in [5.41, 5.74) is 1.10. The van der Waals surface area contributed by atoms with Gasteiger partial charge in [-0.2, -0.15) is 4.68 Å². The highest BCUT2D eigenvalue weighted by molar-refractivity contribution is 6.01. The largest absolute Gasteiger partial charge is 0.454 e. The molecule has 3 aromatic rings. The standard InChI is InChI=1S/C21H21N5O4/c1-21(2,3)20(29)23-15-10-8-14(9-11-15)18(27)12-30-19(28)16-6-4-5-7-17(16)26-13-22-24-25-26/h4-11,13H,12H2,1-3H3,(H,23,29). The van der Waals surface area contributed by atoms with Crippen LogP contribution in [-0.2, 0) is 9.53 Å². The second kappa shape index (κ2) is 8.64. The van der Waals surface area contributed by atoms with Crippen LogP contribution in [0.15, 0.2) is 54.9 Å². The molecule has 3 rings (SSSR count). The van der Waals surface area contributed by atoms with Gasteiger partial charge in [-0.25, -0.2) is 4.79 Å². The Morgan fingerprint density at radius 2 is 1.73 bits per heavy atom. The number of benzene rings is 2. The highest BCUT2D eigenvalue weighted by Crippen LogP contribution is 2.18. The van der Waals surface area contributed by atoms with Crippen molar-refractivity contribution in [2.24, 2.45) is 5.41 Å². The monoisotopic (exact) mass is 407 g/mol. The molecule has 1 aromatic heterocycles. The van der Waals surface area contributed by atoms with Crippen molar-refractivity contribution in [3.63, 3.8) is 0 Å². The summed E-state index contributed by atoms with van der Waals surface area (Å²) in [6.07, 6.45) is 1.36. The Morgan fingerprint density at radius 3 is 2.37 bits per heavy atom. The SMILES string of the molecule is CC(C)(C)C(=O)Nc1ccc(C(=O)COC(=O)c2ccccc2-n2cnnn2)cc1. The molecule has 1 N–H and O–H groups in total. The molecule has 9 heteroatoms. The highest BCUT2D eigenvalue weighted by atomic mass is 16.5. The van der Waals surface area contributed by atoms with Gasteiger partial charge in [0.15, 0.2) is 12.4 Å². The van der Waals surface area contributed by atoms with Crippen LogP contribution in [0.2, 0.25) is 0 Å². The number of carbonyl (C=O) groups excluding carboxylic acids is 3. The van der Waals surface area contributed by atoms with Crippen molar-refractivity contribution in [3.05, 3.63) is 66.0 Å². The van der Waals surface area contributed by atoms with Crippen molar-refractivity contribution in [1.82, 2.24) is 20.2 Å². The van der Waals surface area contributed by atoms with E-state index >= 15 is 0 Å². The normalized spacial score (nSPS) is 11.0. The zero-order valence-corrected chi connectivity index (χ0v) is 16.8. The number of tetrazole rings is 1. The molecule has 0 saturated heterocycles. The summed E-state index contributed by atoms with van der Waals surface area (Å²) >= 11 is 0. The Bertz CT molecular complexity index is 1050. The van der Waals surface area contributed by atoms with E-state index in [1.54, 1.807) is 48.5 Å². The minimum absolute atomic E-state index is 0.128. The molecular formula is C21H21N5O4. The van der Waals surface area contributed by atoms with Crippen molar-refractivity contribution in [3.8, 4) is 5.69 Å². The number of carbonyl (C=O) groups is 3. The smallest absolute Gasteiger partial charge is 0.340 e. The molecule has 9 nitrogen and oxygen atoms in total. The second-order valence-corrected chi connectivity index (χ2v) is 7.55. The van der Waals surface area contributed by atoms with Gasteiger partial charge < -0.3 is 10.1 Å². The number of amides is 1. The molecule has 0 unspecified atom stereocenters. The first-order valence-electron chi connectivity index (χ1n) is 9.20. The van der Waals surface area contributed by atoms with Gasteiger partial charge in [-0.1, -0.05) is 32.9 Å². The van der Waals surface area contributed by atoms with Crippen LogP contribution in [0.1, 0.15) is 41.5 Å². The van der Waals surface area contributed by atoms with Gasteiger partial charge >= 0.3 is 5.97 Å². The number of rotatable bonds is 6. The molecule has 0 bridgehead atoms. The summed E-state index contributed by atoms with van der Waals surface area (Å²) in [5.74, 6) is -1.16. The molecule has 2 aromatic carbocycles. The summed E-state index contributed by atoms with van der Waals surface area (Å²) < 4.78 is 6.52. The fourth-order valence-electron chi connectivity index (χ4n) is 2.47. The van der Waals surface area contributed by atoms with Gasteiger partial charge in [0.1, 0.15) is 6.33 Å². The lowest BCUT2D eigenvalue weighted by atomic mass is 9.95. The van der Waals surface area contributed by atoms with E-state index in [0.29, 0.717) is 16.9 Å². The van der Waals surface area contributed by atoms with Crippen LogP contribution in [0.25, 0.3) is 5.69 Å². The summed E-state index contributed by atoms with van der Waals surface area (Å²) in [4.78, 5) is 36.9. The van der Waals surface area contributed by atoms with E-state index in [2.05, 4.69) is 20.8 Å². The zero-order valence-electron chi connectivity index (χ0n) is 16.8. The van der Waals surface area contributed by atoms with Crippen LogP contribution in [0, 0.1) is 5.41 Å². The predicted molar refractivity (Wildman–Crippen MR) is 108 cm³/mol. The summed E-state index contributed by atoms with van der Waals surface area (Å²) in [7, 11) is 0. The molecule has 1 heterocycles. The summed E-state index contributed by atoms with van der Waals surface area (Å²) in [6, 6.07) is 13.1. The molecule has 0 fully saturated rings. The van der Waals surface area contributed by atoms with Gasteiger partial charge in [-0.05, 0) is 46.8 Å². The Hall–Kier alpha value is -3.88. The quantitative estimate of drug-likeness (QED) is 0.493. The van der Waals surface area contributed by atoms with E-state index in [1.165, 1.54) is 11.0 Å². The predicted octanol–water partition coefficient (Wildman–Crippen LogP) is 2.69. The molecule has 30 heavy (non-hydrogen) atoms. The number of Topliss-reactive ketones (excluding diaryl/α,β-unsaturated/α-hetero) is 1. The van der Waals surface area contributed by atoms with Crippen molar-refractivity contribution in [2.75, 3.05) is 11.9 Å². The maximum Gasteiger partial charge on any atom is 0.340 e. The van der Waals surface area contributed by atoms with E-state index in [0.717, 1.165) is 0 Å². The number of anilines is 1. The minimum Gasteiger partial charge on any atom is -0.454 e. The van der Waals surface area contributed by atoms with Crippen LogP contribution in [-0.4, -0.2) is 44.5 Å².